The van der Waals surface area contributed by atoms with Gasteiger partial charge in [0.2, 0.25) is 17.7 Å². The number of morpholine rings is 1. The largest absolute Gasteiger partial charge is 0.378 e. The number of fused-ring (bicyclic) bond motifs is 1. The summed E-state index contributed by atoms with van der Waals surface area (Å²) < 4.78 is 5.39. The summed E-state index contributed by atoms with van der Waals surface area (Å²) in [5.41, 5.74) is 0.422. The molecule has 1 N–H and O–H groups in total. The Kier molecular flexibility index (Phi) is 5.85. The van der Waals surface area contributed by atoms with E-state index >= 15 is 0 Å². The topological polar surface area (TPSA) is 79.0 Å². The van der Waals surface area contributed by atoms with Gasteiger partial charge in [0.15, 0.2) is 0 Å². The van der Waals surface area contributed by atoms with Crippen LogP contribution >= 0.6 is 0 Å². The van der Waals surface area contributed by atoms with Gasteiger partial charge >= 0.3 is 0 Å². The number of rotatable bonds is 4. The Hall–Kier alpha value is -2.41. The van der Waals surface area contributed by atoms with E-state index in [1.165, 1.54) is 0 Å². The third-order valence-electron chi connectivity index (χ3n) is 6.51. The lowest BCUT2D eigenvalue weighted by Crippen LogP contribution is -2.67. The number of carbonyl (C=O) groups excluding carboxylic acids is 3. The van der Waals surface area contributed by atoms with Crippen LogP contribution in [0.15, 0.2) is 30.3 Å². The molecule has 7 heteroatoms. The van der Waals surface area contributed by atoms with Crippen molar-refractivity contribution in [1.82, 2.24) is 15.1 Å². The van der Waals surface area contributed by atoms with E-state index in [2.05, 4.69) is 5.32 Å². The van der Waals surface area contributed by atoms with Crippen molar-refractivity contribution in [1.29, 1.82) is 0 Å². The van der Waals surface area contributed by atoms with Crippen molar-refractivity contribution >= 4 is 17.7 Å². The predicted octanol–water partition coefficient (Wildman–Crippen LogP) is 0.975. The summed E-state index contributed by atoms with van der Waals surface area (Å²) in [4.78, 5) is 42.2. The number of likely N-dealkylation sites (tertiary alicyclic amines) is 1. The molecule has 3 aliphatic heterocycles. The van der Waals surface area contributed by atoms with E-state index in [4.69, 9.17) is 4.74 Å². The van der Waals surface area contributed by atoms with Crippen LogP contribution in [0, 0.1) is 5.41 Å². The Morgan fingerprint density at radius 3 is 2.62 bits per heavy atom. The summed E-state index contributed by atoms with van der Waals surface area (Å²) in [5, 5.41) is 3.04. The van der Waals surface area contributed by atoms with Crippen molar-refractivity contribution < 1.29 is 19.1 Å². The summed E-state index contributed by atoms with van der Waals surface area (Å²) in [5.74, 6) is 0.147. The van der Waals surface area contributed by atoms with E-state index < -0.39 is 5.41 Å². The highest BCUT2D eigenvalue weighted by Crippen LogP contribution is 2.40. The van der Waals surface area contributed by atoms with E-state index in [1.54, 1.807) is 0 Å². The molecule has 0 radical (unpaired) electrons. The SMILES string of the molecule is O=C1CC[C@]2(C(=O)N3CCOCC3)CN(C(=O)CCc3ccccc3)CC[C@H]2N1. The van der Waals surface area contributed by atoms with E-state index in [0.717, 1.165) is 5.56 Å². The van der Waals surface area contributed by atoms with Gasteiger partial charge in [0.25, 0.3) is 0 Å². The number of piperidine rings is 2. The Labute approximate surface area is 171 Å². The summed E-state index contributed by atoms with van der Waals surface area (Å²) in [6.07, 6.45) is 2.59. The lowest BCUT2D eigenvalue weighted by molar-refractivity contribution is -0.159. The quantitative estimate of drug-likeness (QED) is 0.819. The van der Waals surface area contributed by atoms with Crippen molar-refractivity contribution in [2.45, 2.75) is 38.1 Å². The minimum Gasteiger partial charge on any atom is -0.378 e. The zero-order valence-electron chi connectivity index (χ0n) is 16.8. The second-order valence-corrected chi connectivity index (χ2v) is 8.27. The molecule has 29 heavy (non-hydrogen) atoms. The lowest BCUT2D eigenvalue weighted by atomic mass is 9.68. The zero-order valence-corrected chi connectivity index (χ0v) is 16.8. The highest BCUT2D eigenvalue weighted by molar-refractivity contribution is 5.89. The fourth-order valence-corrected chi connectivity index (χ4v) is 4.83. The third-order valence-corrected chi connectivity index (χ3v) is 6.51. The summed E-state index contributed by atoms with van der Waals surface area (Å²) in [6.45, 7) is 3.20. The summed E-state index contributed by atoms with van der Waals surface area (Å²) >= 11 is 0. The smallest absolute Gasteiger partial charge is 0.232 e. The minimum absolute atomic E-state index is 0.00394. The molecule has 0 spiro atoms. The van der Waals surface area contributed by atoms with Gasteiger partial charge in [-0.15, -0.1) is 0 Å². The van der Waals surface area contributed by atoms with Crippen LogP contribution in [0.5, 0.6) is 0 Å². The van der Waals surface area contributed by atoms with Crippen LogP contribution in [-0.2, 0) is 25.5 Å². The number of nitrogens with one attached hydrogen (secondary N) is 1. The second-order valence-electron chi connectivity index (χ2n) is 8.27. The van der Waals surface area contributed by atoms with Crippen molar-refractivity contribution in [3.05, 3.63) is 35.9 Å². The molecule has 3 saturated heterocycles. The van der Waals surface area contributed by atoms with Gasteiger partial charge in [-0.3, -0.25) is 14.4 Å². The molecule has 0 unspecified atom stereocenters. The molecule has 3 heterocycles. The number of aryl methyl sites for hydroxylation is 1. The molecule has 3 amide bonds. The molecule has 1 aromatic rings. The van der Waals surface area contributed by atoms with Gasteiger partial charge < -0.3 is 19.9 Å². The molecule has 0 aromatic heterocycles. The number of amides is 3. The molecule has 0 bridgehead atoms. The molecule has 0 saturated carbocycles. The first-order valence-corrected chi connectivity index (χ1v) is 10.6. The molecule has 3 fully saturated rings. The maximum atomic E-state index is 13.5. The minimum atomic E-state index is -0.716. The number of benzene rings is 1. The van der Waals surface area contributed by atoms with Gasteiger partial charge in [-0.05, 0) is 24.8 Å². The fraction of sp³-hybridized carbons (Fsp3) is 0.591. The highest BCUT2D eigenvalue weighted by atomic mass is 16.5. The van der Waals surface area contributed by atoms with Crippen LogP contribution in [0.4, 0.5) is 0 Å². The maximum absolute atomic E-state index is 13.5. The first kappa shape index (κ1) is 19.9. The van der Waals surface area contributed by atoms with Crippen molar-refractivity contribution in [2.75, 3.05) is 39.4 Å². The Morgan fingerprint density at radius 2 is 1.86 bits per heavy atom. The summed E-state index contributed by atoms with van der Waals surface area (Å²) in [7, 11) is 0. The van der Waals surface area contributed by atoms with Crippen molar-refractivity contribution in [2.24, 2.45) is 5.41 Å². The van der Waals surface area contributed by atoms with Crippen LogP contribution in [-0.4, -0.2) is 73.0 Å². The number of nitrogens with zero attached hydrogens (tertiary/aromatic N) is 2. The van der Waals surface area contributed by atoms with Gasteiger partial charge in [-0.1, -0.05) is 30.3 Å². The van der Waals surface area contributed by atoms with Gasteiger partial charge in [-0.25, -0.2) is 0 Å². The summed E-state index contributed by atoms with van der Waals surface area (Å²) in [6, 6.07) is 9.78. The average Bonchev–Trinajstić information content (AvgIpc) is 2.78. The number of hydrogen-bond acceptors (Lipinski definition) is 4. The standard InChI is InChI=1S/C22H29N3O4/c26-19-8-10-22(21(28)24-12-14-29-15-13-24)16-25(11-9-18(22)23-19)20(27)7-6-17-4-2-1-3-5-17/h1-5,18H,6-16H2,(H,23,26)/t18-,22+/m1/s1. The zero-order chi connectivity index (χ0) is 20.3. The van der Waals surface area contributed by atoms with Crippen LogP contribution in [0.2, 0.25) is 0 Å². The molecular weight excluding hydrogens is 370 g/mol. The lowest BCUT2D eigenvalue weighted by Gasteiger charge is -2.51. The predicted molar refractivity (Wildman–Crippen MR) is 107 cm³/mol. The monoisotopic (exact) mass is 399 g/mol. The van der Waals surface area contributed by atoms with Crippen LogP contribution < -0.4 is 5.32 Å². The second kappa shape index (κ2) is 8.53. The van der Waals surface area contributed by atoms with E-state index in [-0.39, 0.29) is 23.8 Å². The first-order valence-electron chi connectivity index (χ1n) is 10.6. The fourth-order valence-electron chi connectivity index (χ4n) is 4.83. The van der Waals surface area contributed by atoms with Crippen LogP contribution in [0.3, 0.4) is 0 Å². The first-order chi connectivity index (χ1) is 14.1. The van der Waals surface area contributed by atoms with E-state index in [9.17, 15) is 14.4 Å². The normalized spacial score (nSPS) is 27.2. The molecular formula is C22H29N3O4. The van der Waals surface area contributed by atoms with Gasteiger partial charge in [-0.2, -0.15) is 0 Å². The molecule has 3 aliphatic rings. The molecule has 2 atom stereocenters. The molecule has 7 nitrogen and oxygen atoms in total. The number of hydrogen-bond donors (Lipinski definition) is 1. The number of ether oxygens (including phenoxy) is 1. The van der Waals surface area contributed by atoms with Gasteiger partial charge in [0, 0.05) is 45.1 Å². The van der Waals surface area contributed by atoms with E-state index in [0.29, 0.717) is 71.5 Å². The van der Waals surface area contributed by atoms with Crippen LogP contribution in [0.1, 0.15) is 31.2 Å². The highest BCUT2D eigenvalue weighted by Gasteiger charge is 2.54. The average molecular weight is 399 g/mol. The number of carbonyl (C=O) groups is 3. The van der Waals surface area contributed by atoms with Crippen molar-refractivity contribution in [3.8, 4) is 0 Å². The van der Waals surface area contributed by atoms with Crippen LogP contribution in [0.25, 0.3) is 0 Å². The maximum Gasteiger partial charge on any atom is 0.232 e. The Balaban J connectivity index is 1.48. The molecule has 0 aliphatic carbocycles. The van der Waals surface area contributed by atoms with E-state index in [1.807, 2.05) is 40.1 Å². The Bertz CT molecular complexity index is 763. The molecule has 4 rings (SSSR count). The Morgan fingerprint density at radius 1 is 1.10 bits per heavy atom. The van der Waals surface area contributed by atoms with Gasteiger partial charge in [0.1, 0.15) is 0 Å². The van der Waals surface area contributed by atoms with Crippen molar-refractivity contribution in [3.63, 3.8) is 0 Å². The third kappa shape index (κ3) is 4.15. The molecule has 156 valence electrons. The molecule has 1 aromatic carbocycles. The van der Waals surface area contributed by atoms with Gasteiger partial charge in [0.05, 0.1) is 18.6 Å².